The van der Waals surface area contributed by atoms with E-state index in [2.05, 4.69) is 15.9 Å². The van der Waals surface area contributed by atoms with Crippen LogP contribution in [0, 0.1) is 17.0 Å². The van der Waals surface area contributed by atoms with E-state index in [0.717, 1.165) is 0 Å². The lowest BCUT2D eigenvalue weighted by Crippen LogP contribution is -2.26. The molecular weight excluding hydrogens is 280 g/mol. The molecule has 3 N–H and O–H groups in total. The maximum atomic E-state index is 13.3. The summed E-state index contributed by atoms with van der Waals surface area (Å²) in [5.74, 6) is -3.10. The van der Waals surface area contributed by atoms with Gasteiger partial charge in [0.15, 0.2) is 11.6 Å². The number of rotatable bonds is 1. The number of phenols is 1. The molecule has 0 fully saturated rings. The van der Waals surface area contributed by atoms with Crippen molar-refractivity contribution in [2.75, 3.05) is 0 Å². The highest BCUT2D eigenvalue weighted by molar-refractivity contribution is 9.10. The lowest BCUT2D eigenvalue weighted by atomic mass is 9.82. The molecule has 0 spiro atoms. The first-order valence-corrected chi connectivity index (χ1v) is 5.57. The number of aromatic hydroxyl groups is 1. The fourth-order valence-corrected chi connectivity index (χ4v) is 1.73. The summed E-state index contributed by atoms with van der Waals surface area (Å²) in [6, 6.07) is 0.725. The molecule has 0 saturated heterocycles. The number of phenolic OH excluding ortho intramolecular Hbond substituents is 1. The van der Waals surface area contributed by atoms with Gasteiger partial charge < -0.3 is 10.8 Å². The molecule has 0 aromatic heterocycles. The highest BCUT2D eigenvalue weighted by atomic mass is 79.9. The standard InChI is InChI=1S/C11H14BrF2NO/c1-11(2,3)10(15)5-4-6(12)7(13)8(14)9(5)16/h4,10,16H,15H2,1-3H3/t10-/m1/s1. The maximum Gasteiger partial charge on any atom is 0.201 e. The average molecular weight is 294 g/mol. The molecule has 5 heteroatoms. The number of hydrogen-bond acceptors (Lipinski definition) is 2. The third kappa shape index (κ3) is 2.35. The van der Waals surface area contributed by atoms with Crippen LogP contribution in [0.25, 0.3) is 0 Å². The van der Waals surface area contributed by atoms with Crippen molar-refractivity contribution in [1.82, 2.24) is 0 Å². The summed E-state index contributed by atoms with van der Waals surface area (Å²) in [4.78, 5) is 0. The van der Waals surface area contributed by atoms with E-state index >= 15 is 0 Å². The first-order chi connectivity index (χ1) is 7.16. The third-order valence-electron chi connectivity index (χ3n) is 2.43. The average Bonchev–Trinajstić information content (AvgIpc) is 2.18. The van der Waals surface area contributed by atoms with E-state index in [1.54, 1.807) is 0 Å². The molecule has 90 valence electrons. The van der Waals surface area contributed by atoms with Gasteiger partial charge in [0.1, 0.15) is 0 Å². The van der Waals surface area contributed by atoms with Crippen LogP contribution in [0.3, 0.4) is 0 Å². The summed E-state index contributed by atoms with van der Waals surface area (Å²) in [6.07, 6.45) is 0. The summed E-state index contributed by atoms with van der Waals surface area (Å²) in [5.41, 5.74) is 5.72. The predicted molar refractivity (Wildman–Crippen MR) is 62.1 cm³/mol. The summed E-state index contributed by atoms with van der Waals surface area (Å²) >= 11 is 2.88. The van der Waals surface area contributed by atoms with Crippen molar-refractivity contribution >= 4 is 15.9 Å². The molecule has 0 aliphatic heterocycles. The Bertz CT molecular complexity index is 415. The molecule has 0 aliphatic rings. The molecular formula is C11H14BrF2NO. The Kier molecular flexibility index (Phi) is 3.59. The van der Waals surface area contributed by atoms with E-state index in [9.17, 15) is 13.9 Å². The second-order valence-corrected chi connectivity index (χ2v) is 5.62. The van der Waals surface area contributed by atoms with Crippen molar-refractivity contribution in [1.29, 1.82) is 0 Å². The van der Waals surface area contributed by atoms with Gasteiger partial charge in [0.25, 0.3) is 0 Å². The van der Waals surface area contributed by atoms with Crippen LogP contribution in [-0.2, 0) is 0 Å². The molecule has 0 radical (unpaired) electrons. The minimum atomic E-state index is -1.27. The van der Waals surface area contributed by atoms with Crippen molar-refractivity contribution < 1.29 is 13.9 Å². The molecule has 0 heterocycles. The van der Waals surface area contributed by atoms with Gasteiger partial charge in [0, 0.05) is 11.6 Å². The minimum Gasteiger partial charge on any atom is -0.505 e. The first kappa shape index (κ1) is 13.4. The number of nitrogens with two attached hydrogens (primary N) is 1. The zero-order valence-electron chi connectivity index (χ0n) is 9.31. The zero-order valence-corrected chi connectivity index (χ0v) is 10.9. The summed E-state index contributed by atoms with van der Waals surface area (Å²) in [6.45, 7) is 5.56. The van der Waals surface area contributed by atoms with E-state index < -0.39 is 23.4 Å². The van der Waals surface area contributed by atoms with E-state index in [4.69, 9.17) is 5.73 Å². The highest BCUT2D eigenvalue weighted by Gasteiger charge is 2.28. The van der Waals surface area contributed by atoms with Gasteiger partial charge in [0.2, 0.25) is 5.82 Å². The number of benzene rings is 1. The molecule has 2 nitrogen and oxygen atoms in total. The van der Waals surface area contributed by atoms with Crippen LogP contribution in [-0.4, -0.2) is 5.11 Å². The molecule has 0 unspecified atom stereocenters. The van der Waals surface area contributed by atoms with Gasteiger partial charge in [-0.05, 0) is 27.4 Å². The Hall–Kier alpha value is -0.680. The third-order valence-corrected chi connectivity index (χ3v) is 3.01. The van der Waals surface area contributed by atoms with Gasteiger partial charge in [0.05, 0.1) is 4.47 Å². The second kappa shape index (κ2) is 4.30. The van der Waals surface area contributed by atoms with Crippen LogP contribution >= 0.6 is 15.9 Å². The van der Waals surface area contributed by atoms with E-state index in [1.807, 2.05) is 20.8 Å². The summed E-state index contributed by atoms with van der Waals surface area (Å²) < 4.78 is 26.4. The fourth-order valence-electron chi connectivity index (χ4n) is 1.31. The van der Waals surface area contributed by atoms with Crippen molar-refractivity contribution in [3.63, 3.8) is 0 Å². The normalized spacial score (nSPS) is 13.9. The van der Waals surface area contributed by atoms with Crippen LogP contribution in [0.2, 0.25) is 0 Å². The highest BCUT2D eigenvalue weighted by Crippen LogP contribution is 2.39. The van der Waals surface area contributed by atoms with E-state index in [1.165, 1.54) is 6.07 Å². The van der Waals surface area contributed by atoms with Gasteiger partial charge in [-0.25, -0.2) is 4.39 Å². The zero-order chi connectivity index (χ0) is 12.7. The van der Waals surface area contributed by atoms with Gasteiger partial charge in [-0.1, -0.05) is 20.8 Å². The van der Waals surface area contributed by atoms with Crippen LogP contribution in [0.4, 0.5) is 8.78 Å². The van der Waals surface area contributed by atoms with Crippen molar-refractivity contribution in [3.05, 3.63) is 27.7 Å². The molecule has 16 heavy (non-hydrogen) atoms. The Morgan fingerprint density at radius 1 is 1.31 bits per heavy atom. The van der Waals surface area contributed by atoms with Crippen LogP contribution in [0.5, 0.6) is 5.75 Å². The van der Waals surface area contributed by atoms with Gasteiger partial charge in [-0.3, -0.25) is 0 Å². The van der Waals surface area contributed by atoms with Gasteiger partial charge >= 0.3 is 0 Å². The Labute approximate surface area is 102 Å². The molecule has 1 rings (SSSR count). The van der Waals surface area contributed by atoms with Gasteiger partial charge in [-0.15, -0.1) is 0 Å². The molecule has 0 aliphatic carbocycles. The summed E-state index contributed by atoms with van der Waals surface area (Å²) in [5, 5.41) is 9.52. The van der Waals surface area contributed by atoms with Gasteiger partial charge in [-0.2, -0.15) is 4.39 Å². The second-order valence-electron chi connectivity index (χ2n) is 4.77. The monoisotopic (exact) mass is 293 g/mol. The molecule has 0 amide bonds. The van der Waals surface area contributed by atoms with Crippen LogP contribution < -0.4 is 5.73 Å². The molecule has 1 atom stereocenters. The topological polar surface area (TPSA) is 46.2 Å². The molecule has 1 aromatic carbocycles. The predicted octanol–water partition coefficient (Wildman–Crippen LogP) is 3.48. The minimum absolute atomic E-state index is 0.0440. The SMILES string of the molecule is CC(C)(C)[C@H](N)c1cc(Br)c(F)c(F)c1O. The van der Waals surface area contributed by atoms with E-state index in [-0.39, 0.29) is 15.5 Å². The Morgan fingerprint density at radius 3 is 2.25 bits per heavy atom. The lowest BCUT2D eigenvalue weighted by molar-refractivity contribution is 0.310. The Morgan fingerprint density at radius 2 is 1.81 bits per heavy atom. The van der Waals surface area contributed by atoms with Crippen molar-refractivity contribution in [2.24, 2.45) is 11.1 Å². The van der Waals surface area contributed by atoms with Crippen molar-refractivity contribution in [2.45, 2.75) is 26.8 Å². The van der Waals surface area contributed by atoms with Crippen LogP contribution in [0.1, 0.15) is 32.4 Å². The molecule has 1 aromatic rings. The fraction of sp³-hybridized carbons (Fsp3) is 0.455. The number of halogens is 3. The van der Waals surface area contributed by atoms with Crippen LogP contribution in [0.15, 0.2) is 10.5 Å². The molecule has 0 bridgehead atoms. The molecule has 0 saturated carbocycles. The number of hydrogen-bond donors (Lipinski definition) is 2. The smallest absolute Gasteiger partial charge is 0.201 e. The summed E-state index contributed by atoms with van der Waals surface area (Å²) in [7, 11) is 0. The first-order valence-electron chi connectivity index (χ1n) is 4.78. The largest absolute Gasteiger partial charge is 0.505 e. The lowest BCUT2D eigenvalue weighted by Gasteiger charge is -2.28. The van der Waals surface area contributed by atoms with Crippen molar-refractivity contribution in [3.8, 4) is 5.75 Å². The Balaban J connectivity index is 3.36. The van der Waals surface area contributed by atoms with E-state index in [0.29, 0.717) is 0 Å². The maximum absolute atomic E-state index is 13.3. The quantitative estimate of drug-likeness (QED) is 0.779.